The van der Waals surface area contributed by atoms with Crippen LogP contribution in [0.2, 0.25) is 0 Å². The van der Waals surface area contributed by atoms with Crippen LogP contribution in [0.4, 0.5) is 0 Å². The number of hydrogen-bond acceptors (Lipinski definition) is 5. The molecule has 0 fully saturated rings. The van der Waals surface area contributed by atoms with Crippen molar-refractivity contribution >= 4 is 5.91 Å². The molecule has 0 aliphatic carbocycles. The number of aromatic nitrogens is 1. The van der Waals surface area contributed by atoms with Gasteiger partial charge in [0.2, 0.25) is 0 Å². The fourth-order valence-corrected chi connectivity index (χ4v) is 2.42. The first-order chi connectivity index (χ1) is 11.6. The van der Waals surface area contributed by atoms with Crippen LogP contribution < -0.4 is 5.32 Å². The molecular formula is C18H19N3O3. The van der Waals surface area contributed by atoms with Gasteiger partial charge in [-0.15, -0.1) is 0 Å². The predicted molar refractivity (Wildman–Crippen MR) is 89.4 cm³/mol. The fraction of sp³-hybridized carbons (Fsp3) is 0.222. The highest BCUT2D eigenvalue weighted by Gasteiger charge is 2.20. The van der Waals surface area contributed by atoms with Gasteiger partial charge in [0.05, 0.1) is 12.3 Å². The minimum absolute atomic E-state index is 0.0514. The van der Waals surface area contributed by atoms with Crippen molar-refractivity contribution in [1.29, 1.82) is 0 Å². The zero-order valence-electron chi connectivity index (χ0n) is 13.6. The average molecular weight is 325 g/mol. The minimum atomic E-state index is -0.278. The summed E-state index contributed by atoms with van der Waals surface area (Å²) in [5.41, 5.74) is 1.14. The third-order valence-electron chi connectivity index (χ3n) is 3.75. The molecular weight excluding hydrogens is 306 g/mol. The summed E-state index contributed by atoms with van der Waals surface area (Å²) in [4.78, 5) is 14.3. The number of nitrogens with zero attached hydrogens (tertiary/aromatic N) is 2. The van der Waals surface area contributed by atoms with Crippen molar-refractivity contribution in [3.63, 3.8) is 0 Å². The van der Waals surface area contributed by atoms with Crippen LogP contribution in [-0.4, -0.2) is 36.6 Å². The van der Waals surface area contributed by atoms with E-state index in [0.717, 1.165) is 11.3 Å². The van der Waals surface area contributed by atoms with Crippen LogP contribution in [0.15, 0.2) is 63.7 Å². The molecule has 0 spiro atoms. The lowest BCUT2D eigenvalue weighted by molar-refractivity contribution is 0.0930. The van der Waals surface area contributed by atoms with Gasteiger partial charge in [0.25, 0.3) is 5.91 Å². The second-order valence-electron chi connectivity index (χ2n) is 5.65. The highest BCUT2D eigenvalue weighted by Crippen LogP contribution is 2.20. The number of furan rings is 1. The predicted octanol–water partition coefficient (Wildman–Crippen LogP) is 2.97. The standard InChI is InChI=1S/C18H19N3O3/c1-21(2)15(16-9-6-10-23-16)12-19-18(22)14-11-17(24-20-14)13-7-4-3-5-8-13/h3-11,15H,12H2,1-2H3,(H,19,22). The van der Waals surface area contributed by atoms with Gasteiger partial charge in [-0.25, -0.2) is 0 Å². The maximum absolute atomic E-state index is 12.3. The molecule has 0 aliphatic heterocycles. The molecule has 1 N–H and O–H groups in total. The number of amides is 1. The molecule has 124 valence electrons. The van der Waals surface area contributed by atoms with Crippen LogP contribution in [0.1, 0.15) is 22.3 Å². The smallest absolute Gasteiger partial charge is 0.273 e. The van der Waals surface area contributed by atoms with Gasteiger partial charge >= 0.3 is 0 Å². The van der Waals surface area contributed by atoms with Gasteiger partial charge in [0.1, 0.15) is 5.76 Å². The lowest BCUT2D eigenvalue weighted by atomic mass is 10.1. The second-order valence-corrected chi connectivity index (χ2v) is 5.65. The SMILES string of the molecule is CN(C)C(CNC(=O)c1cc(-c2ccccc2)on1)c1ccco1. The zero-order valence-corrected chi connectivity index (χ0v) is 13.6. The quantitative estimate of drug-likeness (QED) is 0.754. The van der Waals surface area contributed by atoms with Gasteiger partial charge in [-0.3, -0.25) is 9.69 Å². The van der Waals surface area contributed by atoms with Gasteiger partial charge < -0.3 is 14.3 Å². The minimum Gasteiger partial charge on any atom is -0.468 e. The Morgan fingerprint density at radius 1 is 1.21 bits per heavy atom. The molecule has 2 heterocycles. The van der Waals surface area contributed by atoms with E-state index in [0.29, 0.717) is 12.3 Å². The van der Waals surface area contributed by atoms with E-state index in [1.165, 1.54) is 0 Å². The van der Waals surface area contributed by atoms with E-state index >= 15 is 0 Å². The number of carbonyl (C=O) groups excluding carboxylic acids is 1. The summed E-state index contributed by atoms with van der Waals surface area (Å²) in [5.74, 6) is 1.08. The molecule has 3 rings (SSSR count). The third kappa shape index (κ3) is 3.55. The molecule has 1 amide bonds. The summed E-state index contributed by atoms with van der Waals surface area (Å²) < 4.78 is 10.7. The highest BCUT2D eigenvalue weighted by atomic mass is 16.5. The lowest BCUT2D eigenvalue weighted by Gasteiger charge is -2.22. The number of rotatable bonds is 6. The number of nitrogens with one attached hydrogen (secondary N) is 1. The third-order valence-corrected chi connectivity index (χ3v) is 3.75. The summed E-state index contributed by atoms with van der Waals surface area (Å²) in [6, 6.07) is 14.8. The Bertz CT molecular complexity index is 779. The molecule has 6 nitrogen and oxygen atoms in total. The van der Waals surface area contributed by atoms with Crippen LogP contribution in [0.5, 0.6) is 0 Å². The summed E-state index contributed by atoms with van der Waals surface area (Å²) in [5, 5.41) is 6.72. The Labute approximate surface area is 140 Å². The van der Waals surface area contributed by atoms with Crippen molar-refractivity contribution < 1.29 is 13.7 Å². The van der Waals surface area contributed by atoms with E-state index < -0.39 is 0 Å². The van der Waals surface area contributed by atoms with Crippen molar-refractivity contribution in [3.05, 3.63) is 66.2 Å². The Hall–Kier alpha value is -2.86. The topological polar surface area (TPSA) is 71.5 Å². The lowest BCUT2D eigenvalue weighted by Crippen LogP contribution is -2.34. The first kappa shape index (κ1) is 16.0. The molecule has 0 saturated heterocycles. The van der Waals surface area contributed by atoms with Crippen molar-refractivity contribution in [2.24, 2.45) is 0 Å². The average Bonchev–Trinajstić information content (AvgIpc) is 3.27. The molecule has 1 aromatic carbocycles. The molecule has 2 aromatic heterocycles. The van der Waals surface area contributed by atoms with Gasteiger partial charge in [0, 0.05) is 18.2 Å². The molecule has 0 aliphatic rings. The molecule has 0 radical (unpaired) electrons. The Kier molecular flexibility index (Phi) is 4.77. The van der Waals surface area contributed by atoms with Crippen molar-refractivity contribution in [2.45, 2.75) is 6.04 Å². The summed E-state index contributed by atoms with van der Waals surface area (Å²) in [6.45, 7) is 0.410. The first-order valence-electron chi connectivity index (χ1n) is 7.65. The molecule has 6 heteroatoms. The van der Waals surface area contributed by atoms with Crippen LogP contribution >= 0.6 is 0 Å². The van der Waals surface area contributed by atoms with Gasteiger partial charge in [-0.05, 0) is 26.2 Å². The maximum atomic E-state index is 12.3. The van der Waals surface area contributed by atoms with E-state index in [-0.39, 0.29) is 17.6 Å². The van der Waals surface area contributed by atoms with Crippen LogP contribution in [0, 0.1) is 0 Å². The molecule has 1 atom stereocenters. The van der Waals surface area contributed by atoms with E-state index in [4.69, 9.17) is 8.94 Å². The monoisotopic (exact) mass is 325 g/mol. The largest absolute Gasteiger partial charge is 0.468 e. The molecule has 0 saturated carbocycles. The first-order valence-corrected chi connectivity index (χ1v) is 7.65. The van der Waals surface area contributed by atoms with Crippen LogP contribution in [0.3, 0.4) is 0 Å². The van der Waals surface area contributed by atoms with E-state index in [1.807, 2.05) is 61.5 Å². The molecule has 0 bridgehead atoms. The summed E-state index contributed by atoms with van der Waals surface area (Å²) >= 11 is 0. The Balaban J connectivity index is 1.66. The van der Waals surface area contributed by atoms with E-state index in [2.05, 4.69) is 10.5 Å². The van der Waals surface area contributed by atoms with Crippen molar-refractivity contribution in [1.82, 2.24) is 15.4 Å². The van der Waals surface area contributed by atoms with E-state index in [9.17, 15) is 4.79 Å². The normalized spacial score (nSPS) is 12.3. The number of hydrogen-bond donors (Lipinski definition) is 1. The van der Waals surface area contributed by atoms with Crippen molar-refractivity contribution in [3.8, 4) is 11.3 Å². The Morgan fingerprint density at radius 2 is 2.00 bits per heavy atom. The molecule has 24 heavy (non-hydrogen) atoms. The maximum Gasteiger partial charge on any atom is 0.273 e. The number of carbonyl (C=O) groups is 1. The second kappa shape index (κ2) is 7.14. The fourth-order valence-electron chi connectivity index (χ4n) is 2.42. The summed E-state index contributed by atoms with van der Waals surface area (Å²) in [6.07, 6.45) is 1.62. The van der Waals surface area contributed by atoms with Gasteiger partial charge in [-0.1, -0.05) is 35.5 Å². The van der Waals surface area contributed by atoms with Gasteiger partial charge in [0.15, 0.2) is 11.5 Å². The number of benzene rings is 1. The Morgan fingerprint density at radius 3 is 2.67 bits per heavy atom. The number of likely N-dealkylation sites (N-methyl/N-ethyl adjacent to an activating group) is 1. The van der Waals surface area contributed by atoms with E-state index in [1.54, 1.807) is 12.3 Å². The van der Waals surface area contributed by atoms with Crippen molar-refractivity contribution in [2.75, 3.05) is 20.6 Å². The molecule has 1 unspecified atom stereocenters. The van der Waals surface area contributed by atoms with Crippen LogP contribution in [-0.2, 0) is 0 Å². The zero-order chi connectivity index (χ0) is 16.9. The molecule has 3 aromatic rings. The van der Waals surface area contributed by atoms with Crippen LogP contribution in [0.25, 0.3) is 11.3 Å². The van der Waals surface area contributed by atoms with Gasteiger partial charge in [-0.2, -0.15) is 0 Å². The summed E-state index contributed by atoms with van der Waals surface area (Å²) in [7, 11) is 3.87. The highest BCUT2D eigenvalue weighted by molar-refractivity contribution is 5.93.